The monoisotopic (exact) mass is 632 g/mol. The van der Waals surface area contributed by atoms with E-state index >= 15 is 0 Å². The molecule has 1 aliphatic carbocycles. The van der Waals surface area contributed by atoms with Crippen LogP contribution in [-0.2, 0) is 25.6 Å². The molecular formula is C32H52N6O5S. The molecule has 0 aromatic carbocycles. The molecule has 0 spiro atoms. The van der Waals surface area contributed by atoms with E-state index in [9.17, 15) is 24.0 Å². The molecule has 2 fully saturated rings. The quantitative estimate of drug-likeness (QED) is 0.244. The van der Waals surface area contributed by atoms with Crippen LogP contribution in [0.15, 0.2) is 11.6 Å². The summed E-state index contributed by atoms with van der Waals surface area (Å²) in [5.41, 5.74) is 4.66. The summed E-state index contributed by atoms with van der Waals surface area (Å²) >= 11 is 1.53. The normalized spacial score (nSPS) is 22.7. The first-order valence-corrected chi connectivity index (χ1v) is 16.8. The molecule has 1 saturated carbocycles. The van der Waals surface area contributed by atoms with Gasteiger partial charge in [-0.3, -0.25) is 19.2 Å². The molecule has 2 heterocycles. The topological polar surface area (TPSA) is 164 Å². The van der Waals surface area contributed by atoms with Crippen LogP contribution in [0.25, 0.3) is 0 Å². The van der Waals surface area contributed by atoms with Gasteiger partial charge >= 0.3 is 6.03 Å². The highest BCUT2D eigenvalue weighted by Gasteiger charge is 2.50. The summed E-state index contributed by atoms with van der Waals surface area (Å²) in [7, 11) is 0. The molecule has 3 rings (SSSR count). The number of Topliss-reactive ketones (excluding diaryl/α,β-unsaturated/α-hetero) is 1. The molecule has 1 saturated heterocycles. The summed E-state index contributed by atoms with van der Waals surface area (Å²) in [5, 5.41) is 11.6. The van der Waals surface area contributed by atoms with Gasteiger partial charge < -0.3 is 26.6 Å². The van der Waals surface area contributed by atoms with E-state index in [4.69, 9.17) is 5.73 Å². The van der Waals surface area contributed by atoms with Crippen molar-refractivity contribution in [3.05, 3.63) is 16.6 Å². The third-order valence-corrected chi connectivity index (χ3v) is 10.2. The van der Waals surface area contributed by atoms with Crippen molar-refractivity contribution < 1.29 is 24.0 Å². The Morgan fingerprint density at radius 1 is 1.07 bits per heavy atom. The molecule has 12 heteroatoms. The van der Waals surface area contributed by atoms with Crippen LogP contribution in [0.4, 0.5) is 4.79 Å². The van der Waals surface area contributed by atoms with Crippen LogP contribution in [0, 0.1) is 35.0 Å². The summed E-state index contributed by atoms with van der Waals surface area (Å²) in [6, 6.07) is -3.48. The molecule has 6 atom stereocenters. The number of urea groups is 1. The average Bonchev–Trinajstić information content (AvgIpc) is 3.54. The molecule has 0 bridgehead atoms. The number of primary amides is 1. The number of ketones is 1. The second-order valence-electron chi connectivity index (χ2n) is 14.4. The third kappa shape index (κ3) is 8.79. The van der Waals surface area contributed by atoms with Crippen molar-refractivity contribution in [2.24, 2.45) is 40.7 Å². The Morgan fingerprint density at radius 3 is 2.20 bits per heavy atom. The predicted molar refractivity (Wildman–Crippen MR) is 170 cm³/mol. The Balaban J connectivity index is 1.84. The molecule has 246 valence electrons. The van der Waals surface area contributed by atoms with Crippen LogP contribution in [-0.4, -0.2) is 70.1 Å². The van der Waals surface area contributed by atoms with Gasteiger partial charge in [-0.1, -0.05) is 74.7 Å². The SMILES string of the molecule is CC(C)C1CN(C(=O)[C@@H](NC(=O)N[C@H](Cc2nccs2)C(C)C)C(C)(C)C)[C@H](C(=O)NC(CC2CCC2)C(=O)C(N)=O)[C@H]1C. The highest BCUT2D eigenvalue weighted by Crippen LogP contribution is 2.37. The van der Waals surface area contributed by atoms with Crippen molar-refractivity contribution in [2.75, 3.05) is 6.54 Å². The van der Waals surface area contributed by atoms with E-state index in [1.807, 2.05) is 46.9 Å². The highest BCUT2D eigenvalue weighted by molar-refractivity contribution is 7.09. The summed E-state index contributed by atoms with van der Waals surface area (Å²) < 4.78 is 0. The number of rotatable bonds is 13. The van der Waals surface area contributed by atoms with Gasteiger partial charge in [-0.25, -0.2) is 9.78 Å². The molecule has 0 radical (unpaired) electrons. The fraction of sp³-hybridized carbons (Fsp3) is 0.750. The molecule has 5 N–H and O–H groups in total. The van der Waals surface area contributed by atoms with Gasteiger partial charge in [0.25, 0.3) is 5.91 Å². The molecule has 2 aliphatic rings. The molecular weight excluding hydrogens is 580 g/mol. The number of nitrogens with one attached hydrogen (secondary N) is 3. The minimum atomic E-state index is -1.08. The second-order valence-corrected chi connectivity index (χ2v) is 15.4. The lowest BCUT2D eigenvalue weighted by molar-refractivity contribution is -0.144. The Bertz CT molecular complexity index is 1180. The molecule has 2 unspecified atom stereocenters. The maximum Gasteiger partial charge on any atom is 0.315 e. The van der Waals surface area contributed by atoms with Gasteiger partial charge in [0.2, 0.25) is 17.6 Å². The fourth-order valence-corrected chi connectivity index (χ4v) is 7.00. The summed E-state index contributed by atoms with van der Waals surface area (Å²) in [6.07, 6.45) is 5.57. The Hall–Kier alpha value is -3.02. The lowest BCUT2D eigenvalue weighted by Crippen LogP contribution is -2.61. The van der Waals surface area contributed by atoms with Gasteiger partial charge in [-0.2, -0.15) is 0 Å². The summed E-state index contributed by atoms with van der Waals surface area (Å²) in [5.74, 6) is -2.40. The van der Waals surface area contributed by atoms with Crippen molar-refractivity contribution in [2.45, 2.75) is 112 Å². The minimum Gasteiger partial charge on any atom is -0.363 e. The number of likely N-dealkylation sites (tertiary alicyclic amines) is 1. The van der Waals surface area contributed by atoms with Crippen LogP contribution in [0.5, 0.6) is 0 Å². The van der Waals surface area contributed by atoms with E-state index in [1.165, 1.54) is 11.3 Å². The Kier molecular flexibility index (Phi) is 12.0. The number of thiazole rings is 1. The summed E-state index contributed by atoms with van der Waals surface area (Å²) in [4.78, 5) is 72.1. The van der Waals surface area contributed by atoms with E-state index in [0.717, 1.165) is 24.3 Å². The van der Waals surface area contributed by atoms with Gasteiger partial charge in [-0.15, -0.1) is 11.3 Å². The van der Waals surface area contributed by atoms with Gasteiger partial charge in [0, 0.05) is 30.6 Å². The minimum absolute atomic E-state index is 0.0182. The van der Waals surface area contributed by atoms with Crippen LogP contribution in [0.2, 0.25) is 0 Å². The lowest BCUT2D eigenvalue weighted by atomic mass is 9.80. The maximum atomic E-state index is 14.3. The highest BCUT2D eigenvalue weighted by atomic mass is 32.1. The van der Waals surface area contributed by atoms with Gasteiger partial charge in [-0.05, 0) is 41.4 Å². The number of hydrogen-bond acceptors (Lipinski definition) is 7. The molecule has 44 heavy (non-hydrogen) atoms. The van der Waals surface area contributed by atoms with Gasteiger partial charge in [0.05, 0.1) is 11.0 Å². The molecule has 1 aromatic heterocycles. The van der Waals surface area contributed by atoms with Crippen molar-refractivity contribution in [3.63, 3.8) is 0 Å². The van der Waals surface area contributed by atoms with E-state index in [2.05, 4.69) is 34.8 Å². The second kappa shape index (κ2) is 14.8. The Labute approximate surface area is 265 Å². The van der Waals surface area contributed by atoms with Crippen LogP contribution >= 0.6 is 11.3 Å². The summed E-state index contributed by atoms with van der Waals surface area (Å²) in [6.45, 7) is 16.1. The zero-order valence-corrected chi connectivity index (χ0v) is 28.3. The zero-order chi connectivity index (χ0) is 32.9. The lowest BCUT2D eigenvalue weighted by Gasteiger charge is -2.37. The first kappa shape index (κ1) is 35.5. The number of nitrogens with two attached hydrogens (primary N) is 1. The smallest absolute Gasteiger partial charge is 0.315 e. The standard InChI is InChI=1S/C32H52N6O5S/c1-17(2)21-16-38(25(19(21)5)29(41)35-23(26(39)28(33)40)14-20-10-9-11-20)30(42)27(32(6,7)8)37-31(43)36-22(18(3)4)15-24-34-12-13-44-24/h12-13,17-23,25,27H,9-11,14-16H2,1-8H3,(H2,33,40)(H,35,41)(H2,36,37,43)/t19-,21?,22+,23?,25-,27+/m0/s1. The number of carbonyl (C=O) groups is 5. The van der Waals surface area contributed by atoms with E-state index in [-0.39, 0.29) is 41.5 Å². The number of nitrogens with zero attached hydrogens (tertiary/aromatic N) is 2. The van der Waals surface area contributed by atoms with Gasteiger partial charge in [0.1, 0.15) is 12.1 Å². The molecule has 1 aliphatic heterocycles. The zero-order valence-electron chi connectivity index (χ0n) is 27.5. The first-order valence-electron chi connectivity index (χ1n) is 15.9. The first-order chi connectivity index (χ1) is 20.5. The predicted octanol–water partition coefficient (Wildman–Crippen LogP) is 3.27. The molecule has 11 nitrogen and oxygen atoms in total. The molecule has 1 aromatic rings. The van der Waals surface area contributed by atoms with Crippen molar-refractivity contribution in [1.29, 1.82) is 0 Å². The number of aromatic nitrogens is 1. The van der Waals surface area contributed by atoms with Gasteiger partial charge in [0.15, 0.2) is 0 Å². The van der Waals surface area contributed by atoms with E-state index < -0.39 is 47.2 Å². The number of hydrogen-bond donors (Lipinski definition) is 4. The van der Waals surface area contributed by atoms with Crippen molar-refractivity contribution >= 4 is 40.9 Å². The number of amides is 5. The molecule has 5 amide bonds. The van der Waals surface area contributed by atoms with Crippen molar-refractivity contribution in [1.82, 2.24) is 25.8 Å². The Morgan fingerprint density at radius 2 is 1.73 bits per heavy atom. The van der Waals surface area contributed by atoms with E-state index in [0.29, 0.717) is 19.4 Å². The largest absolute Gasteiger partial charge is 0.363 e. The third-order valence-electron chi connectivity index (χ3n) is 9.38. The maximum absolute atomic E-state index is 14.3. The van der Waals surface area contributed by atoms with E-state index in [1.54, 1.807) is 11.1 Å². The average molecular weight is 633 g/mol. The number of carbonyl (C=O) groups excluding carboxylic acids is 5. The van der Waals surface area contributed by atoms with Crippen LogP contribution in [0.3, 0.4) is 0 Å². The van der Waals surface area contributed by atoms with Crippen LogP contribution < -0.4 is 21.7 Å². The van der Waals surface area contributed by atoms with Crippen molar-refractivity contribution in [3.8, 4) is 0 Å². The van der Waals surface area contributed by atoms with Crippen LogP contribution in [0.1, 0.15) is 86.1 Å². The fourth-order valence-electron chi connectivity index (χ4n) is 6.32.